The van der Waals surface area contributed by atoms with Gasteiger partial charge in [0.2, 0.25) is 0 Å². The molecule has 64 valence electrons. The van der Waals surface area contributed by atoms with Crippen LogP contribution in [0.1, 0.15) is 25.7 Å². The third-order valence-electron chi connectivity index (χ3n) is 2.79. The van der Waals surface area contributed by atoms with Crippen molar-refractivity contribution in [2.45, 2.75) is 25.7 Å². The molecule has 0 spiro atoms. The van der Waals surface area contributed by atoms with Crippen molar-refractivity contribution in [1.29, 1.82) is 0 Å². The van der Waals surface area contributed by atoms with Crippen LogP contribution in [-0.2, 0) is 9.59 Å². The van der Waals surface area contributed by atoms with Crippen LogP contribution < -0.4 is 0 Å². The molecule has 1 saturated carbocycles. The third-order valence-corrected chi connectivity index (χ3v) is 2.79. The second-order valence-corrected chi connectivity index (χ2v) is 3.68. The fourth-order valence-electron chi connectivity index (χ4n) is 2.17. The van der Waals surface area contributed by atoms with Gasteiger partial charge in [0.15, 0.2) is 0 Å². The standard InChI is InChI=1S/C10H12O2/c11-8-5-7-3-1-2-4-9(7)10(12)6-8/h2,4,7,9H,1,3,5-6H2. The summed E-state index contributed by atoms with van der Waals surface area (Å²) < 4.78 is 0. The minimum atomic E-state index is 0.0662. The van der Waals surface area contributed by atoms with Crippen molar-refractivity contribution in [2.24, 2.45) is 11.8 Å². The molecule has 0 heterocycles. The van der Waals surface area contributed by atoms with Gasteiger partial charge in [0.05, 0.1) is 6.42 Å². The molecule has 0 radical (unpaired) electrons. The quantitative estimate of drug-likeness (QED) is 0.401. The summed E-state index contributed by atoms with van der Waals surface area (Å²) in [6, 6.07) is 0. The van der Waals surface area contributed by atoms with Crippen LogP contribution in [0, 0.1) is 11.8 Å². The van der Waals surface area contributed by atoms with Gasteiger partial charge in [0.25, 0.3) is 0 Å². The molecular formula is C10H12O2. The molecule has 2 aliphatic rings. The number of carbonyl (C=O) groups excluding carboxylic acids is 2. The lowest BCUT2D eigenvalue weighted by atomic mass is 9.73. The normalized spacial score (nSPS) is 35.0. The summed E-state index contributed by atoms with van der Waals surface area (Å²) in [5.74, 6) is 0.656. The van der Waals surface area contributed by atoms with Crippen molar-refractivity contribution in [3.63, 3.8) is 0 Å². The monoisotopic (exact) mass is 164 g/mol. The minimum absolute atomic E-state index is 0.0662. The van der Waals surface area contributed by atoms with E-state index in [1.165, 1.54) is 0 Å². The lowest BCUT2D eigenvalue weighted by molar-refractivity contribution is -0.134. The van der Waals surface area contributed by atoms with Gasteiger partial charge in [-0.25, -0.2) is 0 Å². The number of carbonyl (C=O) groups is 2. The van der Waals surface area contributed by atoms with Gasteiger partial charge in [-0.3, -0.25) is 9.59 Å². The summed E-state index contributed by atoms with van der Waals surface area (Å²) in [6.45, 7) is 0. The Kier molecular flexibility index (Phi) is 1.83. The van der Waals surface area contributed by atoms with Gasteiger partial charge in [0, 0.05) is 12.3 Å². The maximum Gasteiger partial charge on any atom is 0.147 e. The van der Waals surface area contributed by atoms with Crippen molar-refractivity contribution in [1.82, 2.24) is 0 Å². The van der Waals surface area contributed by atoms with Crippen molar-refractivity contribution in [3.8, 4) is 0 Å². The van der Waals surface area contributed by atoms with E-state index in [0.29, 0.717) is 12.3 Å². The number of allylic oxidation sites excluding steroid dienone is 2. The maximum absolute atomic E-state index is 11.4. The Hall–Kier alpha value is -0.920. The van der Waals surface area contributed by atoms with Crippen LogP contribution in [-0.4, -0.2) is 11.6 Å². The molecule has 0 saturated heterocycles. The molecule has 2 aliphatic carbocycles. The van der Waals surface area contributed by atoms with E-state index in [2.05, 4.69) is 6.08 Å². The fraction of sp³-hybridized carbons (Fsp3) is 0.600. The first-order valence-electron chi connectivity index (χ1n) is 4.48. The van der Waals surface area contributed by atoms with Crippen molar-refractivity contribution in [2.75, 3.05) is 0 Å². The molecule has 0 N–H and O–H groups in total. The highest BCUT2D eigenvalue weighted by atomic mass is 16.1. The molecule has 2 unspecified atom stereocenters. The average Bonchev–Trinajstić information content (AvgIpc) is 2.04. The number of hydrogen-bond acceptors (Lipinski definition) is 2. The van der Waals surface area contributed by atoms with Crippen molar-refractivity contribution >= 4 is 11.6 Å². The highest BCUT2D eigenvalue weighted by molar-refractivity contribution is 6.03. The summed E-state index contributed by atoms with van der Waals surface area (Å²) in [6.07, 6.45) is 6.89. The predicted octanol–water partition coefficient (Wildman–Crippen LogP) is 1.50. The molecule has 12 heavy (non-hydrogen) atoms. The molecule has 0 aromatic carbocycles. The molecule has 0 aromatic rings. The van der Waals surface area contributed by atoms with Crippen LogP contribution in [0.2, 0.25) is 0 Å². The fourth-order valence-corrected chi connectivity index (χ4v) is 2.17. The SMILES string of the molecule is O=C1CC(=O)C2C=CCCC2C1. The van der Waals surface area contributed by atoms with Gasteiger partial charge >= 0.3 is 0 Å². The first-order chi connectivity index (χ1) is 5.77. The van der Waals surface area contributed by atoms with Gasteiger partial charge in [-0.2, -0.15) is 0 Å². The zero-order valence-electron chi connectivity index (χ0n) is 6.95. The summed E-state index contributed by atoms with van der Waals surface area (Å²) in [4.78, 5) is 22.5. The van der Waals surface area contributed by atoms with E-state index in [4.69, 9.17) is 0 Å². The van der Waals surface area contributed by atoms with Gasteiger partial charge in [-0.05, 0) is 18.8 Å². The summed E-state index contributed by atoms with van der Waals surface area (Å²) in [5, 5.41) is 0. The van der Waals surface area contributed by atoms with Gasteiger partial charge < -0.3 is 0 Å². The number of fused-ring (bicyclic) bond motifs is 1. The molecule has 2 heteroatoms. The second-order valence-electron chi connectivity index (χ2n) is 3.68. The molecule has 0 aliphatic heterocycles. The molecular weight excluding hydrogens is 152 g/mol. The summed E-state index contributed by atoms with van der Waals surface area (Å²) in [7, 11) is 0. The minimum Gasteiger partial charge on any atom is -0.299 e. The molecule has 0 amide bonds. The van der Waals surface area contributed by atoms with E-state index < -0.39 is 0 Å². The number of Topliss-reactive ketones (excluding diaryl/α,β-unsaturated/α-hetero) is 2. The molecule has 2 atom stereocenters. The van der Waals surface area contributed by atoms with Crippen LogP contribution >= 0.6 is 0 Å². The first kappa shape index (κ1) is 7.71. The van der Waals surface area contributed by atoms with E-state index in [-0.39, 0.29) is 23.9 Å². The molecule has 0 aromatic heterocycles. The lowest BCUT2D eigenvalue weighted by Gasteiger charge is -2.29. The number of ketones is 2. The second kappa shape index (κ2) is 2.85. The Morgan fingerprint density at radius 3 is 3.00 bits per heavy atom. The van der Waals surface area contributed by atoms with Crippen LogP contribution in [0.25, 0.3) is 0 Å². The van der Waals surface area contributed by atoms with Crippen LogP contribution in [0.5, 0.6) is 0 Å². The van der Waals surface area contributed by atoms with Gasteiger partial charge in [-0.15, -0.1) is 0 Å². The third kappa shape index (κ3) is 1.22. The van der Waals surface area contributed by atoms with E-state index in [1.807, 2.05) is 6.08 Å². The smallest absolute Gasteiger partial charge is 0.147 e. The Morgan fingerprint density at radius 1 is 1.33 bits per heavy atom. The summed E-state index contributed by atoms with van der Waals surface area (Å²) >= 11 is 0. The number of rotatable bonds is 0. The topological polar surface area (TPSA) is 34.1 Å². The Morgan fingerprint density at radius 2 is 2.17 bits per heavy atom. The molecule has 0 bridgehead atoms. The van der Waals surface area contributed by atoms with Crippen LogP contribution in [0.4, 0.5) is 0 Å². The summed E-state index contributed by atoms with van der Waals surface area (Å²) in [5.41, 5.74) is 0. The van der Waals surface area contributed by atoms with Crippen LogP contribution in [0.3, 0.4) is 0 Å². The molecule has 2 rings (SSSR count). The molecule has 2 nitrogen and oxygen atoms in total. The number of hydrogen-bond donors (Lipinski definition) is 0. The highest BCUT2D eigenvalue weighted by Gasteiger charge is 2.34. The Labute approximate surface area is 71.6 Å². The van der Waals surface area contributed by atoms with Crippen molar-refractivity contribution < 1.29 is 9.59 Å². The van der Waals surface area contributed by atoms with Crippen molar-refractivity contribution in [3.05, 3.63) is 12.2 Å². The Balaban J connectivity index is 2.20. The Bertz CT molecular complexity index is 253. The van der Waals surface area contributed by atoms with Crippen LogP contribution in [0.15, 0.2) is 12.2 Å². The van der Waals surface area contributed by atoms with Gasteiger partial charge in [-0.1, -0.05) is 12.2 Å². The van der Waals surface area contributed by atoms with E-state index in [1.54, 1.807) is 0 Å². The van der Waals surface area contributed by atoms with E-state index in [0.717, 1.165) is 12.8 Å². The average molecular weight is 164 g/mol. The van der Waals surface area contributed by atoms with E-state index >= 15 is 0 Å². The first-order valence-corrected chi connectivity index (χ1v) is 4.48. The maximum atomic E-state index is 11.4. The highest BCUT2D eigenvalue weighted by Crippen LogP contribution is 2.33. The van der Waals surface area contributed by atoms with Gasteiger partial charge in [0.1, 0.15) is 11.6 Å². The lowest BCUT2D eigenvalue weighted by Crippen LogP contribution is -2.33. The zero-order chi connectivity index (χ0) is 8.55. The zero-order valence-corrected chi connectivity index (χ0v) is 6.95. The largest absolute Gasteiger partial charge is 0.299 e. The predicted molar refractivity (Wildman–Crippen MR) is 44.6 cm³/mol. The molecule has 1 fully saturated rings. The van der Waals surface area contributed by atoms with E-state index in [9.17, 15) is 9.59 Å².